The lowest BCUT2D eigenvalue weighted by Gasteiger charge is -2.15. The molecule has 3 rings (SSSR count). The van der Waals surface area contributed by atoms with Crippen molar-refractivity contribution in [2.24, 2.45) is 17.8 Å². The Morgan fingerprint density at radius 2 is 2.38 bits per heavy atom. The number of carbonyl (C=O) groups excluding carboxylic acids is 1. The van der Waals surface area contributed by atoms with E-state index < -0.39 is 0 Å². The van der Waals surface area contributed by atoms with Crippen molar-refractivity contribution in [3.05, 3.63) is 16.6 Å². The first-order valence-electron chi connectivity index (χ1n) is 5.95. The Hall–Kier alpha value is -0.900. The molecule has 2 saturated carbocycles. The second-order valence-corrected chi connectivity index (χ2v) is 5.94. The molecular formula is C12H16N2OS. The zero-order chi connectivity index (χ0) is 11.1. The molecule has 2 fully saturated rings. The maximum Gasteiger partial charge on any atom is 0.223 e. The van der Waals surface area contributed by atoms with Gasteiger partial charge in [-0.2, -0.15) is 0 Å². The number of rotatable bonds is 4. The van der Waals surface area contributed by atoms with E-state index in [1.165, 1.54) is 12.8 Å². The zero-order valence-electron chi connectivity index (χ0n) is 9.35. The topological polar surface area (TPSA) is 42.0 Å². The van der Waals surface area contributed by atoms with Crippen molar-refractivity contribution in [2.75, 3.05) is 0 Å². The molecule has 0 aliphatic heterocycles. The molecule has 1 amide bonds. The summed E-state index contributed by atoms with van der Waals surface area (Å²) in [6.45, 7) is 2.14. The van der Waals surface area contributed by atoms with E-state index in [-0.39, 0.29) is 17.9 Å². The largest absolute Gasteiger partial charge is 0.346 e. The summed E-state index contributed by atoms with van der Waals surface area (Å²) < 4.78 is 0. The first-order chi connectivity index (χ1) is 7.75. The summed E-state index contributed by atoms with van der Waals surface area (Å²) in [4.78, 5) is 16.3. The van der Waals surface area contributed by atoms with Gasteiger partial charge >= 0.3 is 0 Å². The van der Waals surface area contributed by atoms with E-state index in [0.717, 1.165) is 11.4 Å². The number of hydrogen-bond acceptors (Lipinski definition) is 3. The number of aromatic nitrogens is 1. The molecule has 2 aliphatic rings. The lowest BCUT2D eigenvalue weighted by Crippen LogP contribution is -2.31. The predicted molar refractivity (Wildman–Crippen MR) is 63.0 cm³/mol. The van der Waals surface area contributed by atoms with Crippen LogP contribution in [0.15, 0.2) is 11.6 Å². The molecule has 3 atom stereocenters. The number of nitrogens with zero attached hydrogens (tertiary/aromatic N) is 1. The van der Waals surface area contributed by atoms with E-state index >= 15 is 0 Å². The van der Waals surface area contributed by atoms with Gasteiger partial charge in [0.2, 0.25) is 5.91 Å². The molecule has 4 heteroatoms. The van der Waals surface area contributed by atoms with E-state index in [1.807, 2.05) is 11.6 Å². The third-order valence-corrected chi connectivity index (χ3v) is 4.41. The highest BCUT2D eigenvalue weighted by Gasteiger charge is 2.42. The van der Waals surface area contributed by atoms with E-state index in [0.29, 0.717) is 11.8 Å². The molecule has 86 valence electrons. The molecule has 0 saturated heterocycles. The van der Waals surface area contributed by atoms with Gasteiger partial charge in [0.1, 0.15) is 5.01 Å². The third kappa shape index (κ3) is 1.98. The first-order valence-corrected chi connectivity index (χ1v) is 6.83. The molecule has 0 radical (unpaired) electrons. The average Bonchev–Trinajstić information content (AvgIpc) is 3.16. The highest BCUT2D eigenvalue weighted by Crippen LogP contribution is 2.43. The quantitative estimate of drug-likeness (QED) is 0.872. The van der Waals surface area contributed by atoms with Gasteiger partial charge in [-0.1, -0.05) is 6.92 Å². The van der Waals surface area contributed by atoms with E-state index in [2.05, 4.69) is 17.2 Å². The van der Waals surface area contributed by atoms with Crippen molar-refractivity contribution >= 4 is 17.2 Å². The number of hydrogen-bond donors (Lipinski definition) is 1. The molecule has 0 spiro atoms. The van der Waals surface area contributed by atoms with Crippen LogP contribution in [0.3, 0.4) is 0 Å². The maximum atomic E-state index is 11.9. The smallest absolute Gasteiger partial charge is 0.223 e. The van der Waals surface area contributed by atoms with E-state index in [4.69, 9.17) is 0 Å². The van der Waals surface area contributed by atoms with Crippen LogP contribution in [-0.4, -0.2) is 10.9 Å². The predicted octanol–water partition coefficient (Wildman–Crippen LogP) is 2.37. The summed E-state index contributed by atoms with van der Waals surface area (Å²) in [5.41, 5.74) is 0. The van der Waals surface area contributed by atoms with Crippen molar-refractivity contribution in [2.45, 2.75) is 32.2 Å². The molecule has 0 bridgehead atoms. The molecule has 1 aromatic heterocycles. The fourth-order valence-corrected chi connectivity index (χ4v) is 2.93. The van der Waals surface area contributed by atoms with Gasteiger partial charge in [0.25, 0.3) is 0 Å². The van der Waals surface area contributed by atoms with Crippen LogP contribution in [0.4, 0.5) is 0 Å². The standard InChI is InChI=1S/C12H16N2OS/c1-7-6-9(7)11(15)14-10(8-2-3-8)12-13-4-5-16-12/h4-5,7-10H,2-3,6H2,1H3,(H,14,15)/t7-,9+,10-/m1/s1. The number of amides is 1. The van der Waals surface area contributed by atoms with Gasteiger partial charge in [-0.3, -0.25) is 4.79 Å². The highest BCUT2D eigenvalue weighted by atomic mass is 32.1. The van der Waals surface area contributed by atoms with Crippen LogP contribution in [-0.2, 0) is 4.79 Å². The van der Waals surface area contributed by atoms with E-state index in [9.17, 15) is 4.79 Å². The Kier molecular flexibility index (Phi) is 2.46. The third-order valence-electron chi connectivity index (χ3n) is 3.55. The van der Waals surface area contributed by atoms with Crippen LogP contribution in [0, 0.1) is 17.8 Å². The Balaban J connectivity index is 1.67. The van der Waals surface area contributed by atoms with Crippen molar-refractivity contribution in [1.29, 1.82) is 0 Å². The van der Waals surface area contributed by atoms with Gasteiger partial charge < -0.3 is 5.32 Å². The minimum atomic E-state index is 0.181. The van der Waals surface area contributed by atoms with Crippen molar-refractivity contribution in [3.8, 4) is 0 Å². The van der Waals surface area contributed by atoms with Gasteiger partial charge in [-0.15, -0.1) is 11.3 Å². The monoisotopic (exact) mass is 236 g/mol. The second kappa shape index (κ2) is 3.84. The van der Waals surface area contributed by atoms with Gasteiger partial charge in [-0.25, -0.2) is 4.98 Å². The van der Waals surface area contributed by atoms with Crippen LogP contribution >= 0.6 is 11.3 Å². The Morgan fingerprint density at radius 1 is 1.62 bits per heavy atom. The minimum absolute atomic E-state index is 0.181. The van der Waals surface area contributed by atoms with Gasteiger partial charge in [0.15, 0.2) is 0 Å². The summed E-state index contributed by atoms with van der Waals surface area (Å²) in [7, 11) is 0. The zero-order valence-corrected chi connectivity index (χ0v) is 10.2. The van der Waals surface area contributed by atoms with Gasteiger partial charge in [0, 0.05) is 17.5 Å². The lowest BCUT2D eigenvalue weighted by atomic mass is 10.2. The van der Waals surface area contributed by atoms with Crippen LogP contribution < -0.4 is 5.32 Å². The molecule has 16 heavy (non-hydrogen) atoms. The molecule has 0 unspecified atom stereocenters. The summed E-state index contributed by atoms with van der Waals surface area (Å²) >= 11 is 1.65. The van der Waals surface area contributed by atoms with Crippen LogP contribution in [0.2, 0.25) is 0 Å². The lowest BCUT2D eigenvalue weighted by molar-refractivity contribution is -0.123. The van der Waals surface area contributed by atoms with Crippen molar-refractivity contribution in [3.63, 3.8) is 0 Å². The van der Waals surface area contributed by atoms with Crippen molar-refractivity contribution in [1.82, 2.24) is 10.3 Å². The molecule has 1 aromatic rings. The number of carbonyl (C=O) groups is 1. The fraction of sp³-hybridized carbons (Fsp3) is 0.667. The Morgan fingerprint density at radius 3 is 2.88 bits per heavy atom. The highest BCUT2D eigenvalue weighted by molar-refractivity contribution is 7.09. The molecular weight excluding hydrogens is 220 g/mol. The molecule has 1 heterocycles. The molecule has 0 aromatic carbocycles. The van der Waals surface area contributed by atoms with Crippen LogP contribution in [0.1, 0.15) is 37.2 Å². The average molecular weight is 236 g/mol. The number of nitrogens with one attached hydrogen (secondary N) is 1. The Bertz CT molecular complexity index is 386. The van der Waals surface area contributed by atoms with Crippen LogP contribution in [0.5, 0.6) is 0 Å². The normalized spacial score (nSPS) is 29.8. The summed E-state index contributed by atoms with van der Waals surface area (Å²) in [5, 5.41) is 6.24. The second-order valence-electron chi connectivity index (χ2n) is 5.01. The molecule has 2 aliphatic carbocycles. The Labute approximate surface area is 99.3 Å². The molecule has 1 N–H and O–H groups in total. The van der Waals surface area contributed by atoms with Gasteiger partial charge in [-0.05, 0) is 31.1 Å². The summed E-state index contributed by atoms with van der Waals surface area (Å²) in [6.07, 6.45) is 5.33. The molecule has 3 nitrogen and oxygen atoms in total. The van der Waals surface area contributed by atoms with Crippen molar-refractivity contribution < 1.29 is 4.79 Å². The SMILES string of the molecule is C[C@@H]1C[C@@H]1C(=O)N[C@@H](c1nccs1)C1CC1. The summed E-state index contributed by atoms with van der Waals surface area (Å²) in [6, 6.07) is 0.181. The van der Waals surface area contributed by atoms with Gasteiger partial charge in [0.05, 0.1) is 6.04 Å². The minimum Gasteiger partial charge on any atom is -0.346 e. The van der Waals surface area contributed by atoms with E-state index in [1.54, 1.807) is 11.3 Å². The summed E-state index contributed by atoms with van der Waals surface area (Å²) in [5.74, 6) is 1.71. The number of thiazole rings is 1. The van der Waals surface area contributed by atoms with Crippen LogP contribution in [0.25, 0.3) is 0 Å². The fourth-order valence-electron chi connectivity index (χ4n) is 2.15. The maximum absolute atomic E-state index is 11.9. The first kappa shape index (κ1) is 10.3.